The topological polar surface area (TPSA) is 71.0 Å². The Morgan fingerprint density at radius 3 is 2.62 bits per heavy atom. The van der Waals surface area contributed by atoms with E-state index in [0.717, 1.165) is 23.6 Å². The average Bonchev–Trinajstić information content (AvgIpc) is 2.62. The van der Waals surface area contributed by atoms with Gasteiger partial charge in [-0.25, -0.2) is 9.97 Å². The summed E-state index contributed by atoms with van der Waals surface area (Å²) in [6.07, 6.45) is 2.53. The van der Waals surface area contributed by atoms with Crippen LogP contribution in [-0.4, -0.2) is 32.3 Å². The number of rotatable bonds is 4. The highest BCUT2D eigenvalue weighted by molar-refractivity contribution is 5.93. The number of benzene rings is 1. The second-order valence-electron chi connectivity index (χ2n) is 6.23. The van der Waals surface area contributed by atoms with Gasteiger partial charge in [0, 0.05) is 24.5 Å². The van der Waals surface area contributed by atoms with Crippen LogP contribution in [0.25, 0.3) is 0 Å². The largest absolute Gasteiger partial charge is 0.340 e. The maximum atomic E-state index is 12.7. The minimum Gasteiger partial charge on any atom is -0.340 e. The lowest BCUT2D eigenvalue weighted by atomic mass is 9.98. The van der Waals surface area contributed by atoms with Crippen molar-refractivity contribution in [3.05, 3.63) is 78.0 Å². The Balaban J connectivity index is 1.57. The number of hydrogen-bond donors (Lipinski definition) is 1. The van der Waals surface area contributed by atoms with Gasteiger partial charge in [-0.1, -0.05) is 24.3 Å². The van der Waals surface area contributed by atoms with Crippen LogP contribution < -0.4 is 5.32 Å². The maximum absolute atomic E-state index is 12.7. The van der Waals surface area contributed by atoms with E-state index in [-0.39, 0.29) is 11.9 Å². The molecule has 0 saturated carbocycles. The third-order valence-corrected chi connectivity index (χ3v) is 4.41. The highest BCUT2D eigenvalue weighted by Crippen LogP contribution is 2.34. The van der Waals surface area contributed by atoms with Gasteiger partial charge in [0.05, 0.1) is 11.7 Å². The predicted octanol–water partition coefficient (Wildman–Crippen LogP) is 3.51. The molecule has 1 N–H and O–H groups in total. The number of nitrogens with one attached hydrogen (secondary N) is 1. The maximum Gasteiger partial charge on any atom is 0.273 e. The van der Waals surface area contributed by atoms with E-state index in [0.29, 0.717) is 18.1 Å². The van der Waals surface area contributed by atoms with Gasteiger partial charge in [0.2, 0.25) is 0 Å². The van der Waals surface area contributed by atoms with Crippen LogP contribution in [0.5, 0.6) is 0 Å². The first kappa shape index (κ1) is 16.2. The minimum atomic E-state index is -0.0596. The zero-order valence-corrected chi connectivity index (χ0v) is 14.5. The molecule has 1 saturated heterocycles. The summed E-state index contributed by atoms with van der Waals surface area (Å²) in [6.45, 7) is 2.58. The van der Waals surface area contributed by atoms with Gasteiger partial charge < -0.3 is 10.2 Å². The van der Waals surface area contributed by atoms with Crippen molar-refractivity contribution in [1.29, 1.82) is 0 Å². The van der Waals surface area contributed by atoms with Crippen molar-refractivity contribution < 1.29 is 4.79 Å². The highest BCUT2D eigenvalue weighted by atomic mass is 16.2. The number of carbonyl (C=O) groups excluding carboxylic acids is 1. The third-order valence-electron chi connectivity index (χ3n) is 4.41. The molecule has 6 nitrogen and oxygen atoms in total. The van der Waals surface area contributed by atoms with Crippen molar-refractivity contribution >= 4 is 17.4 Å². The number of para-hydroxylation sites is 1. The zero-order chi connectivity index (χ0) is 17.9. The second kappa shape index (κ2) is 6.92. The monoisotopic (exact) mass is 345 g/mol. The molecule has 1 amide bonds. The smallest absolute Gasteiger partial charge is 0.273 e. The third kappa shape index (κ3) is 3.26. The number of carbonyl (C=O) groups is 1. The zero-order valence-electron chi connectivity index (χ0n) is 14.5. The van der Waals surface area contributed by atoms with E-state index in [9.17, 15) is 4.79 Å². The molecule has 3 aromatic rings. The first-order valence-electron chi connectivity index (χ1n) is 8.60. The van der Waals surface area contributed by atoms with E-state index in [1.165, 1.54) is 0 Å². The summed E-state index contributed by atoms with van der Waals surface area (Å²) >= 11 is 0. The Morgan fingerprint density at radius 1 is 1.12 bits per heavy atom. The van der Waals surface area contributed by atoms with Crippen molar-refractivity contribution in [2.75, 3.05) is 11.9 Å². The number of aromatic nitrogens is 3. The molecule has 3 heterocycles. The van der Waals surface area contributed by atoms with Crippen LogP contribution in [0.15, 0.2) is 60.8 Å². The number of aryl methyl sites for hydroxylation is 1. The summed E-state index contributed by atoms with van der Waals surface area (Å²) in [6, 6.07) is 17.1. The Bertz CT molecular complexity index is 914. The molecule has 1 fully saturated rings. The van der Waals surface area contributed by atoms with Gasteiger partial charge in [0.15, 0.2) is 0 Å². The van der Waals surface area contributed by atoms with Crippen LogP contribution in [0, 0.1) is 6.92 Å². The molecule has 26 heavy (non-hydrogen) atoms. The lowest BCUT2D eigenvalue weighted by molar-refractivity contribution is 0.0444. The molecule has 1 aliphatic heterocycles. The fraction of sp³-hybridized carbons (Fsp3) is 0.200. The quantitative estimate of drug-likeness (QED) is 0.783. The lowest BCUT2D eigenvalue weighted by Gasteiger charge is -2.40. The van der Waals surface area contributed by atoms with E-state index >= 15 is 0 Å². The highest BCUT2D eigenvalue weighted by Gasteiger charge is 2.35. The van der Waals surface area contributed by atoms with E-state index in [1.807, 2.05) is 54.3 Å². The number of nitrogens with zero attached hydrogens (tertiary/aromatic N) is 4. The molecule has 0 aliphatic carbocycles. The summed E-state index contributed by atoms with van der Waals surface area (Å²) in [5.74, 6) is 1.35. The molecule has 1 aromatic carbocycles. The molecular formula is C20H19N5O. The Morgan fingerprint density at radius 2 is 1.92 bits per heavy atom. The van der Waals surface area contributed by atoms with Gasteiger partial charge in [0.25, 0.3) is 5.91 Å². The summed E-state index contributed by atoms with van der Waals surface area (Å²) in [5, 5.41) is 3.30. The Kier molecular flexibility index (Phi) is 4.31. The van der Waals surface area contributed by atoms with Gasteiger partial charge in [-0.3, -0.25) is 9.78 Å². The van der Waals surface area contributed by atoms with Crippen molar-refractivity contribution in [1.82, 2.24) is 19.9 Å². The van der Waals surface area contributed by atoms with Crippen LogP contribution >= 0.6 is 0 Å². The first-order chi connectivity index (χ1) is 12.7. The summed E-state index contributed by atoms with van der Waals surface area (Å²) in [7, 11) is 0. The lowest BCUT2D eigenvalue weighted by Crippen LogP contribution is -2.45. The van der Waals surface area contributed by atoms with Gasteiger partial charge in [-0.2, -0.15) is 0 Å². The number of pyridine rings is 1. The normalized spacial score (nSPS) is 16.0. The van der Waals surface area contributed by atoms with E-state index < -0.39 is 0 Å². The van der Waals surface area contributed by atoms with Crippen molar-refractivity contribution in [2.45, 2.75) is 19.4 Å². The molecule has 0 bridgehead atoms. The van der Waals surface area contributed by atoms with Crippen molar-refractivity contribution in [3.8, 4) is 0 Å². The van der Waals surface area contributed by atoms with Crippen molar-refractivity contribution in [2.24, 2.45) is 0 Å². The molecule has 6 heteroatoms. The van der Waals surface area contributed by atoms with Crippen LogP contribution in [0.4, 0.5) is 11.5 Å². The van der Waals surface area contributed by atoms with Crippen LogP contribution in [0.2, 0.25) is 0 Å². The number of hydrogen-bond acceptors (Lipinski definition) is 5. The molecule has 0 spiro atoms. The SMILES string of the molecule is Cc1nc(Nc2ccccc2)cc(C2CCN2C(=O)c2ccccn2)n1. The molecule has 0 radical (unpaired) electrons. The molecule has 2 aromatic heterocycles. The Labute approximate surface area is 151 Å². The average molecular weight is 345 g/mol. The van der Waals surface area contributed by atoms with Gasteiger partial charge in [-0.15, -0.1) is 0 Å². The molecule has 1 aliphatic rings. The van der Waals surface area contributed by atoms with Gasteiger partial charge in [0.1, 0.15) is 17.3 Å². The van der Waals surface area contributed by atoms with Gasteiger partial charge >= 0.3 is 0 Å². The molecule has 130 valence electrons. The number of amides is 1. The molecule has 1 unspecified atom stereocenters. The predicted molar refractivity (Wildman–Crippen MR) is 99.1 cm³/mol. The summed E-state index contributed by atoms with van der Waals surface area (Å²) in [5.41, 5.74) is 2.28. The second-order valence-corrected chi connectivity index (χ2v) is 6.23. The summed E-state index contributed by atoms with van der Waals surface area (Å²) < 4.78 is 0. The minimum absolute atomic E-state index is 0.0393. The fourth-order valence-corrected chi connectivity index (χ4v) is 3.07. The summed E-state index contributed by atoms with van der Waals surface area (Å²) in [4.78, 5) is 27.7. The van der Waals surface area contributed by atoms with Gasteiger partial charge in [-0.05, 0) is 37.6 Å². The standard InChI is InChI=1S/C20H19N5O/c1-14-22-17(13-19(23-14)24-15-7-3-2-4-8-15)18-10-12-25(18)20(26)16-9-5-6-11-21-16/h2-9,11,13,18H,10,12H2,1H3,(H,22,23,24). The van der Waals surface area contributed by atoms with Crippen LogP contribution in [0.1, 0.15) is 34.5 Å². The van der Waals surface area contributed by atoms with Crippen LogP contribution in [-0.2, 0) is 0 Å². The van der Waals surface area contributed by atoms with Crippen LogP contribution in [0.3, 0.4) is 0 Å². The fourth-order valence-electron chi connectivity index (χ4n) is 3.07. The molecular weight excluding hydrogens is 326 g/mol. The van der Waals surface area contributed by atoms with E-state index in [2.05, 4.69) is 20.3 Å². The van der Waals surface area contributed by atoms with E-state index in [4.69, 9.17) is 0 Å². The van der Waals surface area contributed by atoms with E-state index in [1.54, 1.807) is 18.3 Å². The Hall–Kier alpha value is -3.28. The number of anilines is 2. The first-order valence-corrected chi connectivity index (χ1v) is 8.60. The molecule has 4 rings (SSSR count). The number of likely N-dealkylation sites (tertiary alicyclic amines) is 1. The molecule has 1 atom stereocenters. The van der Waals surface area contributed by atoms with Crippen molar-refractivity contribution in [3.63, 3.8) is 0 Å².